The molecule has 1 N–H and O–H groups in total. The van der Waals surface area contributed by atoms with E-state index in [1.807, 2.05) is 0 Å². The zero-order chi connectivity index (χ0) is 19.1. The molecule has 1 unspecified atom stereocenters. The molecule has 3 rings (SSSR count). The third-order valence-electron chi connectivity index (χ3n) is 5.50. The summed E-state index contributed by atoms with van der Waals surface area (Å²) < 4.78 is 52.0. The standard InChI is InChI=1S/C18H20F4N2O2/c1-11(25)24-6-4-17(5-7-24)9-15(23-10-17)16(26)12-2-3-14(19)13(8-12)18(20,21)22/h2-3,8,15,23H,4-7,9-10H2,1H3. The SMILES string of the molecule is CC(=O)N1CCC2(CC1)CNC(C(=O)c1ccc(F)c(C(F)(F)F)c1)C2. The average molecular weight is 372 g/mol. The number of benzene rings is 1. The number of nitrogens with one attached hydrogen (secondary N) is 1. The molecule has 142 valence electrons. The minimum Gasteiger partial charge on any atom is -0.343 e. The largest absolute Gasteiger partial charge is 0.419 e. The van der Waals surface area contributed by atoms with Gasteiger partial charge in [-0.15, -0.1) is 0 Å². The molecule has 0 radical (unpaired) electrons. The first-order valence-corrected chi connectivity index (χ1v) is 8.51. The molecule has 0 saturated carbocycles. The van der Waals surface area contributed by atoms with Crippen LogP contribution in [0.5, 0.6) is 0 Å². The van der Waals surface area contributed by atoms with Crippen molar-refractivity contribution in [2.24, 2.45) is 5.41 Å². The van der Waals surface area contributed by atoms with Crippen LogP contribution < -0.4 is 5.32 Å². The summed E-state index contributed by atoms with van der Waals surface area (Å²) in [6.45, 7) is 3.34. The summed E-state index contributed by atoms with van der Waals surface area (Å²) in [6, 6.07) is 1.78. The van der Waals surface area contributed by atoms with Crippen molar-refractivity contribution in [2.45, 2.75) is 38.4 Å². The molecule has 26 heavy (non-hydrogen) atoms. The molecule has 1 amide bonds. The van der Waals surface area contributed by atoms with Crippen molar-refractivity contribution in [1.82, 2.24) is 10.2 Å². The zero-order valence-electron chi connectivity index (χ0n) is 14.3. The third-order valence-corrected chi connectivity index (χ3v) is 5.50. The molecule has 1 atom stereocenters. The molecule has 4 nitrogen and oxygen atoms in total. The summed E-state index contributed by atoms with van der Waals surface area (Å²) in [5.74, 6) is -1.83. The summed E-state index contributed by atoms with van der Waals surface area (Å²) in [7, 11) is 0. The lowest BCUT2D eigenvalue weighted by Gasteiger charge is -2.38. The summed E-state index contributed by atoms with van der Waals surface area (Å²) >= 11 is 0. The molecule has 2 fully saturated rings. The normalized spacial score (nSPS) is 22.7. The first-order valence-electron chi connectivity index (χ1n) is 8.51. The Kier molecular flexibility index (Phi) is 4.81. The second-order valence-corrected chi connectivity index (χ2v) is 7.20. The number of nitrogens with zero attached hydrogens (tertiary/aromatic N) is 1. The number of alkyl halides is 3. The van der Waals surface area contributed by atoms with Crippen molar-refractivity contribution in [3.63, 3.8) is 0 Å². The van der Waals surface area contributed by atoms with Crippen LogP contribution in [0, 0.1) is 11.2 Å². The van der Waals surface area contributed by atoms with Gasteiger partial charge in [0.25, 0.3) is 0 Å². The molecular weight excluding hydrogens is 352 g/mol. The van der Waals surface area contributed by atoms with Crippen molar-refractivity contribution in [1.29, 1.82) is 0 Å². The highest BCUT2D eigenvalue weighted by Gasteiger charge is 2.44. The lowest BCUT2D eigenvalue weighted by atomic mass is 9.76. The van der Waals surface area contributed by atoms with E-state index in [1.165, 1.54) is 6.92 Å². The number of likely N-dealkylation sites (tertiary alicyclic amines) is 1. The first kappa shape index (κ1) is 18.8. The van der Waals surface area contributed by atoms with Crippen molar-refractivity contribution < 1.29 is 27.2 Å². The quantitative estimate of drug-likeness (QED) is 0.641. The summed E-state index contributed by atoms with van der Waals surface area (Å²) in [6.07, 6.45) is -2.83. The number of halogens is 4. The zero-order valence-corrected chi connectivity index (χ0v) is 14.3. The predicted octanol–water partition coefficient (Wildman–Crippen LogP) is 3.02. The predicted molar refractivity (Wildman–Crippen MR) is 86.1 cm³/mol. The fourth-order valence-electron chi connectivity index (χ4n) is 3.88. The first-order chi connectivity index (χ1) is 12.1. The molecule has 0 aromatic heterocycles. The summed E-state index contributed by atoms with van der Waals surface area (Å²) in [5, 5.41) is 3.10. The van der Waals surface area contributed by atoms with Crippen LogP contribution >= 0.6 is 0 Å². The molecule has 2 aliphatic heterocycles. The van der Waals surface area contributed by atoms with Gasteiger partial charge in [-0.2, -0.15) is 13.2 Å². The molecule has 8 heteroatoms. The van der Waals surface area contributed by atoms with Crippen LogP contribution in [0.4, 0.5) is 17.6 Å². The highest BCUT2D eigenvalue weighted by atomic mass is 19.4. The lowest BCUT2D eigenvalue weighted by Crippen LogP contribution is -2.43. The van der Waals surface area contributed by atoms with Crippen LogP contribution in [0.25, 0.3) is 0 Å². The van der Waals surface area contributed by atoms with Gasteiger partial charge >= 0.3 is 6.18 Å². The van der Waals surface area contributed by atoms with E-state index in [-0.39, 0.29) is 16.9 Å². The van der Waals surface area contributed by atoms with E-state index in [0.717, 1.165) is 18.9 Å². The summed E-state index contributed by atoms with van der Waals surface area (Å²) in [4.78, 5) is 25.8. The van der Waals surface area contributed by atoms with Crippen LogP contribution in [0.2, 0.25) is 0 Å². The van der Waals surface area contributed by atoms with Gasteiger partial charge in [-0.25, -0.2) is 4.39 Å². The van der Waals surface area contributed by atoms with Gasteiger partial charge in [-0.05, 0) is 42.9 Å². The average Bonchev–Trinajstić information content (AvgIpc) is 2.97. The van der Waals surface area contributed by atoms with Gasteiger partial charge in [0.15, 0.2) is 5.78 Å². The number of ketones is 1. The number of hydrogen-bond donors (Lipinski definition) is 1. The molecule has 2 heterocycles. The minimum atomic E-state index is -4.84. The van der Waals surface area contributed by atoms with E-state index in [4.69, 9.17) is 0 Å². The van der Waals surface area contributed by atoms with Crippen LogP contribution in [-0.4, -0.2) is 42.3 Å². The maximum Gasteiger partial charge on any atom is 0.419 e. The Labute approximate surface area is 148 Å². The van der Waals surface area contributed by atoms with Gasteiger partial charge in [0, 0.05) is 32.1 Å². The number of rotatable bonds is 2. The lowest BCUT2D eigenvalue weighted by molar-refractivity contribution is -0.140. The number of Topliss-reactive ketones (excluding diaryl/α,β-unsaturated/α-hetero) is 1. The highest BCUT2D eigenvalue weighted by molar-refractivity contribution is 6.00. The van der Waals surface area contributed by atoms with Gasteiger partial charge in [-0.1, -0.05) is 0 Å². The van der Waals surface area contributed by atoms with E-state index in [9.17, 15) is 27.2 Å². The van der Waals surface area contributed by atoms with Crippen molar-refractivity contribution in [3.8, 4) is 0 Å². The fourth-order valence-corrected chi connectivity index (χ4v) is 3.88. The maximum absolute atomic E-state index is 13.4. The smallest absolute Gasteiger partial charge is 0.343 e. The van der Waals surface area contributed by atoms with Gasteiger partial charge < -0.3 is 10.2 Å². The molecule has 1 spiro atoms. The van der Waals surface area contributed by atoms with Crippen LogP contribution in [0.3, 0.4) is 0 Å². The van der Waals surface area contributed by atoms with Crippen molar-refractivity contribution in [2.75, 3.05) is 19.6 Å². The van der Waals surface area contributed by atoms with E-state index < -0.39 is 29.4 Å². The molecule has 1 aromatic rings. The Balaban J connectivity index is 1.72. The minimum absolute atomic E-state index is 0.0180. The second-order valence-electron chi connectivity index (χ2n) is 7.20. The Morgan fingerprint density at radius 3 is 2.46 bits per heavy atom. The number of piperidine rings is 1. The summed E-state index contributed by atoms with van der Waals surface area (Å²) in [5.41, 5.74) is -1.70. The monoisotopic (exact) mass is 372 g/mol. The van der Waals surface area contributed by atoms with Crippen molar-refractivity contribution in [3.05, 3.63) is 35.1 Å². The van der Waals surface area contributed by atoms with E-state index in [0.29, 0.717) is 38.2 Å². The maximum atomic E-state index is 13.4. The molecule has 0 bridgehead atoms. The number of carbonyl (C=O) groups excluding carboxylic acids is 2. The Morgan fingerprint density at radius 2 is 1.88 bits per heavy atom. The van der Waals surface area contributed by atoms with Crippen molar-refractivity contribution >= 4 is 11.7 Å². The van der Waals surface area contributed by atoms with Crippen LogP contribution in [-0.2, 0) is 11.0 Å². The van der Waals surface area contributed by atoms with E-state index in [2.05, 4.69) is 5.32 Å². The van der Waals surface area contributed by atoms with Gasteiger partial charge in [0.1, 0.15) is 5.82 Å². The topological polar surface area (TPSA) is 49.4 Å². The molecule has 1 aromatic carbocycles. The van der Waals surface area contributed by atoms with E-state index in [1.54, 1.807) is 4.90 Å². The Hall–Kier alpha value is -1.96. The molecular formula is C18H20F4N2O2. The van der Waals surface area contributed by atoms with Gasteiger partial charge in [0.05, 0.1) is 11.6 Å². The molecule has 0 aliphatic carbocycles. The second kappa shape index (κ2) is 6.64. The molecule has 2 aliphatic rings. The Morgan fingerprint density at radius 1 is 1.23 bits per heavy atom. The number of hydrogen-bond acceptors (Lipinski definition) is 3. The molecule has 2 saturated heterocycles. The van der Waals surface area contributed by atoms with Gasteiger partial charge in [-0.3, -0.25) is 9.59 Å². The highest BCUT2D eigenvalue weighted by Crippen LogP contribution is 2.40. The number of carbonyl (C=O) groups is 2. The third kappa shape index (κ3) is 3.60. The van der Waals surface area contributed by atoms with Crippen LogP contribution in [0.1, 0.15) is 42.1 Å². The van der Waals surface area contributed by atoms with E-state index >= 15 is 0 Å². The Bertz CT molecular complexity index is 724. The fraction of sp³-hybridized carbons (Fsp3) is 0.556. The van der Waals surface area contributed by atoms with Gasteiger partial charge in [0.2, 0.25) is 5.91 Å². The van der Waals surface area contributed by atoms with Crippen LogP contribution in [0.15, 0.2) is 18.2 Å². The number of amides is 1.